The lowest BCUT2D eigenvalue weighted by Gasteiger charge is -2.35. The molecule has 16 heavy (non-hydrogen) atoms. The van der Waals surface area contributed by atoms with Crippen LogP contribution < -0.4 is 5.73 Å². The van der Waals surface area contributed by atoms with Gasteiger partial charge in [-0.05, 0) is 31.5 Å². The van der Waals surface area contributed by atoms with Crippen LogP contribution in [-0.2, 0) is 13.1 Å². The van der Waals surface area contributed by atoms with Gasteiger partial charge in [0.05, 0.1) is 0 Å². The van der Waals surface area contributed by atoms with E-state index < -0.39 is 0 Å². The molecule has 1 aromatic heterocycles. The normalized spacial score (nSPS) is 14.4. The molecule has 2 N–H and O–H groups in total. The molecule has 0 aliphatic rings. The van der Waals surface area contributed by atoms with Crippen LogP contribution in [0.5, 0.6) is 0 Å². The topological polar surface area (TPSA) is 29.3 Å². The molecule has 1 atom stereocenters. The molecular weight excluding hydrogens is 216 g/mol. The molecule has 2 nitrogen and oxygen atoms in total. The highest BCUT2D eigenvalue weighted by molar-refractivity contribution is 7.11. The molecule has 0 amide bonds. The molecule has 92 valence electrons. The van der Waals surface area contributed by atoms with Crippen molar-refractivity contribution in [2.75, 3.05) is 7.05 Å². The molecule has 0 radical (unpaired) electrons. The molecule has 0 bridgehead atoms. The van der Waals surface area contributed by atoms with Gasteiger partial charge in [0.1, 0.15) is 0 Å². The van der Waals surface area contributed by atoms with Crippen LogP contribution in [0.1, 0.15) is 37.4 Å². The van der Waals surface area contributed by atoms with E-state index in [1.54, 1.807) is 0 Å². The van der Waals surface area contributed by atoms with Crippen molar-refractivity contribution in [3.05, 3.63) is 21.9 Å². The van der Waals surface area contributed by atoms with Gasteiger partial charge >= 0.3 is 0 Å². The second-order valence-electron chi connectivity index (χ2n) is 5.53. The molecule has 1 aromatic rings. The molecule has 1 unspecified atom stereocenters. The van der Waals surface area contributed by atoms with Crippen molar-refractivity contribution in [2.24, 2.45) is 11.1 Å². The highest BCUT2D eigenvalue weighted by Gasteiger charge is 2.23. The summed E-state index contributed by atoms with van der Waals surface area (Å²) in [6, 6.07) is 4.89. The first-order valence-electron chi connectivity index (χ1n) is 5.82. The number of nitrogens with two attached hydrogens (primary N) is 1. The minimum atomic E-state index is 0.322. The Morgan fingerprint density at radius 2 is 1.88 bits per heavy atom. The Hall–Kier alpha value is -0.380. The van der Waals surface area contributed by atoms with Gasteiger partial charge in [0.25, 0.3) is 0 Å². The molecular formula is C13H24N2S. The van der Waals surface area contributed by atoms with Gasteiger partial charge < -0.3 is 5.73 Å². The highest BCUT2D eigenvalue weighted by Crippen LogP contribution is 2.25. The lowest BCUT2D eigenvalue weighted by atomic mass is 9.87. The van der Waals surface area contributed by atoms with Crippen LogP contribution in [0.15, 0.2) is 12.1 Å². The fourth-order valence-electron chi connectivity index (χ4n) is 1.66. The molecule has 0 aliphatic heterocycles. The zero-order chi connectivity index (χ0) is 12.3. The maximum atomic E-state index is 5.62. The molecule has 3 heteroatoms. The third-order valence-electron chi connectivity index (χ3n) is 3.24. The maximum absolute atomic E-state index is 5.62. The first-order chi connectivity index (χ1) is 7.34. The Morgan fingerprint density at radius 1 is 1.31 bits per heavy atom. The van der Waals surface area contributed by atoms with Crippen LogP contribution in [0.3, 0.4) is 0 Å². The Morgan fingerprint density at radius 3 is 2.31 bits per heavy atom. The minimum absolute atomic E-state index is 0.322. The summed E-state index contributed by atoms with van der Waals surface area (Å²) >= 11 is 1.82. The minimum Gasteiger partial charge on any atom is -0.326 e. The highest BCUT2D eigenvalue weighted by atomic mass is 32.1. The van der Waals surface area contributed by atoms with Gasteiger partial charge in [-0.25, -0.2) is 0 Å². The largest absolute Gasteiger partial charge is 0.326 e. The standard InChI is InChI=1S/C13H24N2S/c1-10(13(2,3)4)15(5)9-12-7-6-11(8-14)16-12/h6-7,10H,8-9,14H2,1-5H3. The van der Waals surface area contributed by atoms with Crippen LogP contribution in [0, 0.1) is 5.41 Å². The smallest absolute Gasteiger partial charge is 0.0328 e. The van der Waals surface area contributed by atoms with E-state index in [9.17, 15) is 0 Å². The van der Waals surface area contributed by atoms with E-state index in [-0.39, 0.29) is 0 Å². The fraction of sp³-hybridized carbons (Fsp3) is 0.692. The first-order valence-corrected chi connectivity index (χ1v) is 6.64. The van der Waals surface area contributed by atoms with Crippen LogP contribution in [0.2, 0.25) is 0 Å². The van der Waals surface area contributed by atoms with Crippen LogP contribution in [0.25, 0.3) is 0 Å². The van der Waals surface area contributed by atoms with Gasteiger partial charge in [0, 0.05) is 28.9 Å². The predicted octanol–water partition coefficient (Wildman–Crippen LogP) is 3.07. The summed E-state index contributed by atoms with van der Waals surface area (Å²) < 4.78 is 0. The lowest BCUT2D eigenvalue weighted by Crippen LogP contribution is -2.38. The average molecular weight is 240 g/mol. The second kappa shape index (κ2) is 5.30. The second-order valence-corrected chi connectivity index (χ2v) is 6.78. The zero-order valence-corrected chi connectivity index (χ0v) is 11.9. The van der Waals surface area contributed by atoms with Crippen molar-refractivity contribution in [2.45, 2.75) is 46.8 Å². The molecule has 1 rings (SSSR count). The van der Waals surface area contributed by atoms with E-state index in [1.807, 2.05) is 11.3 Å². The zero-order valence-electron chi connectivity index (χ0n) is 11.1. The van der Waals surface area contributed by atoms with E-state index >= 15 is 0 Å². The maximum Gasteiger partial charge on any atom is 0.0328 e. The van der Waals surface area contributed by atoms with E-state index in [2.05, 4.69) is 51.8 Å². The summed E-state index contributed by atoms with van der Waals surface area (Å²) in [5, 5.41) is 0. The fourth-order valence-corrected chi connectivity index (χ4v) is 2.62. The molecule has 0 aromatic carbocycles. The molecule has 0 spiro atoms. The Kier molecular flexibility index (Phi) is 4.53. The Labute approximate surface area is 103 Å². The summed E-state index contributed by atoms with van der Waals surface area (Å²) in [7, 11) is 2.19. The van der Waals surface area contributed by atoms with E-state index in [0.29, 0.717) is 18.0 Å². The summed E-state index contributed by atoms with van der Waals surface area (Å²) in [6.07, 6.45) is 0. The third-order valence-corrected chi connectivity index (χ3v) is 4.33. The number of thiophene rings is 1. The summed E-state index contributed by atoms with van der Waals surface area (Å²) in [5.41, 5.74) is 5.94. The van der Waals surface area contributed by atoms with Crippen molar-refractivity contribution in [1.82, 2.24) is 4.90 Å². The Bertz CT molecular complexity index is 325. The molecule has 0 saturated heterocycles. The monoisotopic (exact) mass is 240 g/mol. The van der Waals surface area contributed by atoms with Crippen LogP contribution in [-0.4, -0.2) is 18.0 Å². The number of rotatable bonds is 4. The van der Waals surface area contributed by atoms with Gasteiger partial charge in [-0.15, -0.1) is 11.3 Å². The van der Waals surface area contributed by atoms with E-state index in [0.717, 1.165) is 6.54 Å². The molecule has 0 fully saturated rings. The van der Waals surface area contributed by atoms with Gasteiger partial charge in [-0.2, -0.15) is 0 Å². The third kappa shape index (κ3) is 3.58. The number of hydrogen-bond donors (Lipinski definition) is 1. The van der Waals surface area contributed by atoms with Gasteiger partial charge in [0.2, 0.25) is 0 Å². The summed E-state index contributed by atoms with van der Waals surface area (Å²) in [4.78, 5) is 5.08. The van der Waals surface area contributed by atoms with Gasteiger partial charge in [-0.3, -0.25) is 4.90 Å². The van der Waals surface area contributed by atoms with Crippen molar-refractivity contribution < 1.29 is 0 Å². The van der Waals surface area contributed by atoms with Crippen LogP contribution in [0.4, 0.5) is 0 Å². The summed E-state index contributed by atoms with van der Waals surface area (Å²) in [5.74, 6) is 0. The van der Waals surface area contributed by atoms with Gasteiger partial charge in [-0.1, -0.05) is 20.8 Å². The van der Waals surface area contributed by atoms with Crippen molar-refractivity contribution >= 4 is 11.3 Å². The average Bonchev–Trinajstić information content (AvgIpc) is 2.63. The van der Waals surface area contributed by atoms with E-state index in [1.165, 1.54) is 9.75 Å². The van der Waals surface area contributed by atoms with Gasteiger partial charge in [0.15, 0.2) is 0 Å². The first kappa shape index (κ1) is 13.7. The van der Waals surface area contributed by atoms with E-state index in [4.69, 9.17) is 5.73 Å². The number of nitrogens with zero attached hydrogens (tertiary/aromatic N) is 1. The van der Waals surface area contributed by atoms with Crippen molar-refractivity contribution in [3.63, 3.8) is 0 Å². The van der Waals surface area contributed by atoms with Crippen LogP contribution >= 0.6 is 11.3 Å². The Balaban J connectivity index is 2.60. The van der Waals surface area contributed by atoms with Crippen molar-refractivity contribution in [1.29, 1.82) is 0 Å². The van der Waals surface area contributed by atoms with Crippen molar-refractivity contribution in [3.8, 4) is 0 Å². The quantitative estimate of drug-likeness (QED) is 0.876. The summed E-state index contributed by atoms with van der Waals surface area (Å²) in [6.45, 7) is 10.8. The lowest BCUT2D eigenvalue weighted by molar-refractivity contribution is 0.136. The SMILES string of the molecule is CC(N(C)Cc1ccc(CN)s1)C(C)(C)C. The molecule has 1 heterocycles. The predicted molar refractivity (Wildman–Crippen MR) is 72.6 cm³/mol. The molecule has 0 aliphatic carbocycles. The molecule has 0 saturated carbocycles. The number of hydrogen-bond acceptors (Lipinski definition) is 3.